The molecule has 0 heterocycles. The molecule has 0 saturated heterocycles. The minimum Gasteiger partial charge on any atom is -0.0620 e. The van der Waals surface area contributed by atoms with Crippen LogP contribution in [0.15, 0.2) is 91.0 Å². The van der Waals surface area contributed by atoms with Crippen LogP contribution in [-0.4, -0.2) is 0 Å². The smallest absolute Gasteiger partial charge is 0.0620 e. The fraction of sp³-hybridized carbons (Fsp3) is 0.200. The fourth-order valence-corrected chi connectivity index (χ4v) is 5.75. The molecule has 30 heavy (non-hydrogen) atoms. The molecule has 0 N–H and O–H groups in total. The molecule has 0 amide bonds. The van der Waals surface area contributed by atoms with Gasteiger partial charge in [-0.2, -0.15) is 0 Å². The quantitative estimate of drug-likeness (QED) is 0.258. The van der Waals surface area contributed by atoms with Crippen LogP contribution in [0.3, 0.4) is 0 Å². The van der Waals surface area contributed by atoms with Gasteiger partial charge < -0.3 is 0 Å². The van der Waals surface area contributed by atoms with Gasteiger partial charge in [-0.05, 0) is 61.9 Å². The molecule has 0 unspecified atom stereocenters. The Morgan fingerprint density at radius 3 is 1.73 bits per heavy atom. The summed E-state index contributed by atoms with van der Waals surface area (Å²) < 4.78 is 0. The van der Waals surface area contributed by atoms with E-state index in [1.807, 2.05) is 0 Å². The minimum atomic E-state index is -0.237. The first-order valence-corrected chi connectivity index (χ1v) is 10.9. The highest BCUT2D eigenvalue weighted by molar-refractivity contribution is 5.87. The van der Waals surface area contributed by atoms with Crippen molar-refractivity contribution in [3.05, 3.63) is 130 Å². The second-order valence-electron chi connectivity index (χ2n) is 9.80. The van der Waals surface area contributed by atoms with Crippen LogP contribution < -0.4 is 0 Å². The van der Waals surface area contributed by atoms with Gasteiger partial charge in [0.2, 0.25) is 0 Å². The lowest BCUT2D eigenvalue weighted by Crippen LogP contribution is -2.34. The van der Waals surface area contributed by atoms with Gasteiger partial charge in [0.1, 0.15) is 0 Å². The van der Waals surface area contributed by atoms with Crippen LogP contribution in [0, 0.1) is 0 Å². The summed E-state index contributed by atoms with van der Waals surface area (Å²) in [7, 11) is 0. The first kappa shape index (κ1) is 17.7. The first-order valence-electron chi connectivity index (χ1n) is 10.9. The predicted octanol–water partition coefficient (Wildman–Crippen LogP) is 7.25. The summed E-state index contributed by atoms with van der Waals surface area (Å²) in [4.78, 5) is 0. The van der Waals surface area contributed by atoms with Gasteiger partial charge >= 0.3 is 0 Å². The Morgan fingerprint density at radius 1 is 0.567 bits per heavy atom. The Kier molecular flexibility index (Phi) is 3.51. The number of hydrogen-bond donors (Lipinski definition) is 0. The van der Waals surface area contributed by atoms with Gasteiger partial charge in [0.05, 0.1) is 5.41 Å². The maximum atomic E-state index is 2.50. The Labute approximate surface area is 179 Å². The molecular formula is C30H26. The normalized spacial score (nSPS) is 15.3. The van der Waals surface area contributed by atoms with Crippen molar-refractivity contribution >= 4 is 0 Å². The first-order chi connectivity index (χ1) is 14.5. The van der Waals surface area contributed by atoms with E-state index >= 15 is 0 Å². The van der Waals surface area contributed by atoms with Crippen molar-refractivity contribution in [2.45, 2.75) is 38.0 Å². The van der Waals surface area contributed by atoms with E-state index in [4.69, 9.17) is 0 Å². The van der Waals surface area contributed by atoms with Crippen molar-refractivity contribution in [3.63, 3.8) is 0 Å². The molecule has 0 fully saturated rings. The Morgan fingerprint density at radius 2 is 1.10 bits per heavy atom. The number of benzene rings is 4. The molecule has 0 aromatic heterocycles. The lowest BCUT2D eigenvalue weighted by Gasteiger charge is -2.41. The third-order valence-electron chi connectivity index (χ3n) is 7.13. The van der Waals surface area contributed by atoms with E-state index in [0.29, 0.717) is 0 Å². The van der Waals surface area contributed by atoms with E-state index in [2.05, 4.69) is 112 Å². The average molecular weight is 387 g/mol. The van der Waals surface area contributed by atoms with Gasteiger partial charge in [-0.25, -0.2) is 0 Å². The lowest BCUT2D eigenvalue weighted by molar-refractivity contribution is 0.586. The van der Waals surface area contributed by atoms with Gasteiger partial charge in [-0.15, -0.1) is 0 Å². The molecule has 146 valence electrons. The molecule has 2 aliphatic carbocycles. The molecule has 0 saturated carbocycles. The van der Waals surface area contributed by atoms with Gasteiger partial charge in [0.25, 0.3) is 0 Å². The van der Waals surface area contributed by atoms with Crippen molar-refractivity contribution in [3.8, 4) is 11.1 Å². The van der Waals surface area contributed by atoms with Crippen LogP contribution in [0.5, 0.6) is 0 Å². The van der Waals surface area contributed by atoms with E-state index in [1.54, 1.807) is 0 Å². The molecule has 6 rings (SSSR count). The van der Waals surface area contributed by atoms with E-state index in [1.165, 1.54) is 50.1 Å². The highest BCUT2D eigenvalue weighted by atomic mass is 14.5. The second kappa shape index (κ2) is 5.95. The molecule has 2 aliphatic rings. The Hall–Kier alpha value is -3.12. The maximum absolute atomic E-state index is 2.50. The minimum absolute atomic E-state index is 0.116. The Balaban J connectivity index is 1.81. The number of hydrogen-bond acceptors (Lipinski definition) is 0. The summed E-state index contributed by atoms with van der Waals surface area (Å²) in [5.41, 5.74) is 12.7. The maximum Gasteiger partial charge on any atom is 0.0719 e. The standard InChI is InChI=1S/C30H26/c1-29(2,3)22-17-16-21-18-20-10-4-7-13-25(20)30(28(21)19-22)26-14-8-5-11-23(26)24-12-6-9-15-27(24)30/h4-17,19H,18H2,1-3H3. The molecule has 0 aliphatic heterocycles. The summed E-state index contributed by atoms with van der Waals surface area (Å²) in [6.07, 6.45) is 1.00. The summed E-state index contributed by atoms with van der Waals surface area (Å²) in [6.45, 7) is 6.94. The number of rotatable bonds is 0. The molecule has 0 bridgehead atoms. The van der Waals surface area contributed by atoms with Crippen LogP contribution in [-0.2, 0) is 17.3 Å². The van der Waals surface area contributed by atoms with E-state index < -0.39 is 0 Å². The third-order valence-corrected chi connectivity index (χ3v) is 7.13. The van der Waals surface area contributed by atoms with Crippen LogP contribution in [0.4, 0.5) is 0 Å². The van der Waals surface area contributed by atoms with Crippen LogP contribution in [0.2, 0.25) is 0 Å². The summed E-state index contributed by atoms with van der Waals surface area (Å²) in [5, 5.41) is 0. The molecule has 0 heteroatoms. The summed E-state index contributed by atoms with van der Waals surface area (Å²) in [6, 6.07) is 34.4. The monoisotopic (exact) mass is 386 g/mol. The zero-order valence-electron chi connectivity index (χ0n) is 17.9. The highest BCUT2D eigenvalue weighted by Gasteiger charge is 2.49. The predicted molar refractivity (Wildman–Crippen MR) is 125 cm³/mol. The number of fused-ring (bicyclic) bond motifs is 9. The molecule has 1 spiro atoms. The molecule has 4 aromatic carbocycles. The lowest BCUT2D eigenvalue weighted by atomic mass is 9.61. The largest absolute Gasteiger partial charge is 0.0719 e. The van der Waals surface area contributed by atoms with Crippen molar-refractivity contribution in [1.29, 1.82) is 0 Å². The molecule has 0 nitrogen and oxygen atoms in total. The van der Waals surface area contributed by atoms with Gasteiger partial charge in [-0.3, -0.25) is 0 Å². The summed E-state index contributed by atoms with van der Waals surface area (Å²) >= 11 is 0. The second-order valence-corrected chi connectivity index (χ2v) is 9.80. The van der Waals surface area contributed by atoms with E-state index in [9.17, 15) is 0 Å². The van der Waals surface area contributed by atoms with E-state index in [0.717, 1.165) is 6.42 Å². The zero-order valence-corrected chi connectivity index (χ0v) is 17.9. The van der Waals surface area contributed by atoms with Gasteiger partial charge in [0, 0.05) is 0 Å². The molecule has 4 aromatic rings. The zero-order chi connectivity index (χ0) is 20.5. The average Bonchev–Trinajstić information content (AvgIpc) is 3.05. The van der Waals surface area contributed by atoms with Crippen molar-refractivity contribution in [2.75, 3.05) is 0 Å². The molecule has 0 atom stereocenters. The SMILES string of the molecule is CC(C)(C)c1ccc2c(c1)C1(c3ccccc3C2)c2ccccc2-c2ccccc21. The summed E-state index contributed by atoms with van der Waals surface area (Å²) in [5.74, 6) is 0. The van der Waals surface area contributed by atoms with Gasteiger partial charge in [-0.1, -0.05) is 112 Å². The van der Waals surface area contributed by atoms with Crippen molar-refractivity contribution in [1.82, 2.24) is 0 Å². The topological polar surface area (TPSA) is 0 Å². The fourth-order valence-electron chi connectivity index (χ4n) is 5.75. The van der Waals surface area contributed by atoms with Crippen LogP contribution in [0.1, 0.15) is 59.7 Å². The Bertz CT molecular complexity index is 1250. The third kappa shape index (κ3) is 2.17. The molecule has 0 radical (unpaired) electrons. The van der Waals surface area contributed by atoms with Crippen LogP contribution in [0.25, 0.3) is 11.1 Å². The van der Waals surface area contributed by atoms with E-state index in [-0.39, 0.29) is 10.8 Å². The molecular weight excluding hydrogens is 360 g/mol. The van der Waals surface area contributed by atoms with Crippen molar-refractivity contribution < 1.29 is 0 Å². The van der Waals surface area contributed by atoms with Gasteiger partial charge in [0.15, 0.2) is 0 Å². The van der Waals surface area contributed by atoms with Crippen molar-refractivity contribution in [2.24, 2.45) is 0 Å². The van der Waals surface area contributed by atoms with Crippen LogP contribution >= 0.6 is 0 Å². The highest BCUT2D eigenvalue weighted by Crippen LogP contribution is 2.59.